The highest BCUT2D eigenvalue weighted by molar-refractivity contribution is 6.30. The number of benzene rings is 1. The van der Waals surface area contributed by atoms with E-state index in [1.807, 2.05) is 23.1 Å². The largest absolute Gasteiger partial charge is 0.486 e. The first-order valence-corrected chi connectivity index (χ1v) is 9.78. The number of fused-ring (bicyclic) bond motifs is 1. The van der Waals surface area contributed by atoms with Gasteiger partial charge in [-0.15, -0.1) is 0 Å². The van der Waals surface area contributed by atoms with Crippen molar-refractivity contribution in [1.29, 1.82) is 0 Å². The van der Waals surface area contributed by atoms with Crippen LogP contribution in [0.15, 0.2) is 18.2 Å². The number of likely N-dealkylation sites (tertiary alicyclic amines) is 1. The van der Waals surface area contributed by atoms with Crippen molar-refractivity contribution in [2.45, 2.75) is 25.4 Å². The lowest BCUT2D eigenvalue weighted by atomic mass is 9.93. The Bertz CT molecular complexity index is 648. The van der Waals surface area contributed by atoms with E-state index >= 15 is 0 Å². The van der Waals surface area contributed by atoms with E-state index in [1.165, 1.54) is 12.8 Å². The number of halogens is 1. The van der Waals surface area contributed by atoms with E-state index in [1.54, 1.807) is 0 Å². The normalized spacial score (nSPS) is 24.0. The Labute approximate surface area is 158 Å². The van der Waals surface area contributed by atoms with Crippen LogP contribution in [-0.4, -0.2) is 67.9 Å². The highest BCUT2D eigenvalue weighted by Crippen LogP contribution is 2.34. The summed E-state index contributed by atoms with van der Waals surface area (Å²) in [6, 6.07) is 5.49. The Morgan fingerprint density at radius 2 is 1.96 bits per heavy atom. The fraction of sp³-hybridized carbons (Fsp3) is 0.632. The summed E-state index contributed by atoms with van der Waals surface area (Å²) < 4.78 is 16.8. The number of rotatable bonds is 5. The van der Waals surface area contributed by atoms with Gasteiger partial charge in [-0.2, -0.15) is 0 Å². The van der Waals surface area contributed by atoms with Gasteiger partial charge in [-0.3, -0.25) is 4.90 Å². The zero-order valence-corrected chi connectivity index (χ0v) is 15.6. The monoisotopic (exact) mass is 380 g/mol. The van der Waals surface area contributed by atoms with Crippen molar-refractivity contribution in [3.63, 3.8) is 0 Å². The number of carbonyl (C=O) groups excluding carboxylic acids is 1. The van der Waals surface area contributed by atoms with Crippen LogP contribution in [0.5, 0.6) is 11.5 Å². The van der Waals surface area contributed by atoms with Gasteiger partial charge >= 0.3 is 6.09 Å². The van der Waals surface area contributed by atoms with Crippen LogP contribution in [0.4, 0.5) is 4.79 Å². The van der Waals surface area contributed by atoms with E-state index in [9.17, 15) is 4.79 Å². The minimum atomic E-state index is -0.155. The number of hydrogen-bond acceptors (Lipinski definition) is 5. The van der Waals surface area contributed by atoms with Crippen LogP contribution in [0, 0.1) is 5.92 Å². The zero-order chi connectivity index (χ0) is 17.9. The first-order valence-electron chi connectivity index (χ1n) is 9.40. The summed E-state index contributed by atoms with van der Waals surface area (Å²) in [5.41, 5.74) is 0. The molecule has 0 saturated carbocycles. The van der Waals surface area contributed by atoms with E-state index in [2.05, 4.69) is 4.90 Å². The van der Waals surface area contributed by atoms with Crippen LogP contribution in [0.2, 0.25) is 5.02 Å². The van der Waals surface area contributed by atoms with Gasteiger partial charge in [0.1, 0.15) is 19.3 Å². The molecule has 1 aromatic carbocycles. The Balaban J connectivity index is 1.20. The third kappa shape index (κ3) is 4.18. The average molecular weight is 381 g/mol. The van der Waals surface area contributed by atoms with Crippen LogP contribution in [-0.2, 0) is 4.74 Å². The highest BCUT2D eigenvalue weighted by Gasteiger charge is 2.28. The van der Waals surface area contributed by atoms with E-state index < -0.39 is 0 Å². The lowest BCUT2D eigenvalue weighted by Crippen LogP contribution is -2.44. The minimum Gasteiger partial charge on any atom is -0.486 e. The number of cyclic esters (lactones) is 1. The third-order valence-corrected chi connectivity index (χ3v) is 5.68. The average Bonchev–Trinajstić information content (AvgIpc) is 3.06. The Kier molecular flexibility index (Phi) is 5.41. The summed E-state index contributed by atoms with van der Waals surface area (Å²) >= 11 is 6.04. The van der Waals surface area contributed by atoms with Gasteiger partial charge in [-0.25, -0.2) is 4.79 Å². The molecule has 0 aliphatic carbocycles. The van der Waals surface area contributed by atoms with Gasteiger partial charge in [-0.1, -0.05) is 11.6 Å². The molecule has 3 heterocycles. The van der Waals surface area contributed by atoms with Crippen molar-refractivity contribution in [3.05, 3.63) is 23.2 Å². The van der Waals surface area contributed by atoms with Crippen LogP contribution in [0.25, 0.3) is 0 Å². The SMILES string of the molecule is O=C1OCCN1CCC1CCN(CC2COc3ccc(Cl)cc3O2)CC1. The summed E-state index contributed by atoms with van der Waals surface area (Å²) in [6.07, 6.45) is 3.28. The van der Waals surface area contributed by atoms with Crippen LogP contribution in [0.3, 0.4) is 0 Å². The first kappa shape index (κ1) is 17.7. The van der Waals surface area contributed by atoms with Gasteiger partial charge in [0, 0.05) is 24.2 Å². The van der Waals surface area contributed by atoms with Crippen LogP contribution in [0.1, 0.15) is 19.3 Å². The molecule has 1 amide bonds. The number of ether oxygens (including phenoxy) is 3. The second-order valence-corrected chi connectivity index (χ2v) is 7.71. The number of nitrogens with zero attached hydrogens (tertiary/aromatic N) is 2. The molecular formula is C19H25ClN2O4. The maximum Gasteiger partial charge on any atom is 0.409 e. The lowest BCUT2D eigenvalue weighted by molar-refractivity contribution is 0.0468. The molecule has 26 heavy (non-hydrogen) atoms. The molecule has 3 aliphatic rings. The van der Waals surface area contributed by atoms with E-state index in [0.717, 1.165) is 50.6 Å². The van der Waals surface area contributed by atoms with E-state index in [-0.39, 0.29) is 12.2 Å². The van der Waals surface area contributed by atoms with Gasteiger partial charge in [-0.05, 0) is 50.4 Å². The molecule has 142 valence electrons. The quantitative estimate of drug-likeness (QED) is 0.785. The third-order valence-electron chi connectivity index (χ3n) is 5.45. The molecule has 0 spiro atoms. The molecule has 0 bridgehead atoms. The highest BCUT2D eigenvalue weighted by atomic mass is 35.5. The molecule has 0 N–H and O–H groups in total. The number of hydrogen-bond donors (Lipinski definition) is 0. The molecule has 0 aromatic heterocycles. The number of carbonyl (C=O) groups is 1. The molecule has 1 aromatic rings. The Hall–Kier alpha value is -1.66. The maximum atomic E-state index is 11.5. The van der Waals surface area contributed by atoms with Gasteiger partial charge in [0.05, 0.1) is 6.54 Å². The molecule has 6 nitrogen and oxygen atoms in total. The lowest BCUT2D eigenvalue weighted by Gasteiger charge is -2.36. The summed E-state index contributed by atoms with van der Waals surface area (Å²) in [7, 11) is 0. The zero-order valence-electron chi connectivity index (χ0n) is 14.9. The molecule has 1 atom stereocenters. The van der Waals surface area contributed by atoms with Crippen molar-refractivity contribution in [2.75, 3.05) is 45.9 Å². The first-order chi connectivity index (χ1) is 12.7. The Morgan fingerprint density at radius 3 is 2.73 bits per heavy atom. The van der Waals surface area contributed by atoms with Crippen molar-refractivity contribution >= 4 is 17.7 Å². The van der Waals surface area contributed by atoms with E-state index in [0.29, 0.717) is 24.2 Å². The van der Waals surface area contributed by atoms with Gasteiger partial charge in [0.25, 0.3) is 0 Å². The number of amides is 1. The second kappa shape index (κ2) is 7.92. The van der Waals surface area contributed by atoms with Crippen molar-refractivity contribution in [1.82, 2.24) is 9.80 Å². The van der Waals surface area contributed by atoms with Crippen molar-refractivity contribution in [2.24, 2.45) is 5.92 Å². The van der Waals surface area contributed by atoms with E-state index in [4.69, 9.17) is 25.8 Å². The predicted octanol–water partition coefficient (Wildman–Crippen LogP) is 3.03. The molecule has 4 rings (SSSR count). The Morgan fingerprint density at radius 1 is 1.12 bits per heavy atom. The summed E-state index contributed by atoms with van der Waals surface area (Å²) in [5, 5.41) is 0.663. The molecule has 2 saturated heterocycles. The molecule has 7 heteroatoms. The summed E-state index contributed by atoms with van der Waals surface area (Å²) in [4.78, 5) is 15.8. The van der Waals surface area contributed by atoms with Crippen molar-refractivity contribution in [3.8, 4) is 11.5 Å². The molecular weight excluding hydrogens is 356 g/mol. The van der Waals surface area contributed by atoms with Gasteiger partial charge in [0.2, 0.25) is 0 Å². The molecule has 2 fully saturated rings. The van der Waals surface area contributed by atoms with Crippen molar-refractivity contribution < 1.29 is 19.0 Å². The molecule has 0 radical (unpaired) electrons. The van der Waals surface area contributed by atoms with Crippen LogP contribution < -0.4 is 9.47 Å². The minimum absolute atomic E-state index is 0.0388. The summed E-state index contributed by atoms with van der Waals surface area (Å²) in [6.45, 7) is 5.68. The smallest absolute Gasteiger partial charge is 0.409 e. The summed E-state index contributed by atoms with van der Waals surface area (Å²) in [5.74, 6) is 2.19. The fourth-order valence-corrected chi connectivity index (χ4v) is 4.05. The second-order valence-electron chi connectivity index (χ2n) is 7.28. The maximum absolute atomic E-state index is 11.5. The molecule has 1 unspecified atom stereocenters. The number of piperidine rings is 1. The molecule has 3 aliphatic heterocycles. The fourth-order valence-electron chi connectivity index (χ4n) is 3.89. The standard InChI is InChI=1S/C19H25ClN2O4/c20-15-1-2-17-18(11-15)26-16(13-25-17)12-21-6-3-14(4-7-21)5-8-22-9-10-24-19(22)23/h1-2,11,14,16H,3-10,12-13H2. The topological polar surface area (TPSA) is 51.2 Å². The predicted molar refractivity (Wildman–Crippen MR) is 98.1 cm³/mol. The van der Waals surface area contributed by atoms with Gasteiger partial charge < -0.3 is 19.1 Å². The van der Waals surface area contributed by atoms with Crippen LogP contribution >= 0.6 is 11.6 Å². The van der Waals surface area contributed by atoms with Gasteiger partial charge in [0.15, 0.2) is 11.5 Å².